The standard InChI is InChI=1S/C29H26N2O4/c1-18-26(29(33)31(30-18)20-10-5-4-6-11-20)28(23-17-21(34-2)14-16-25(23)35-3)27-22-12-8-7-9-19(22)13-15-24(27)32/h4-17,28,30,32H,1-3H3. The van der Waals surface area contributed by atoms with Crippen LogP contribution in [0.1, 0.15) is 28.3 Å². The Hall–Kier alpha value is -4.45. The monoisotopic (exact) mass is 466 g/mol. The number of aromatic nitrogens is 2. The van der Waals surface area contributed by atoms with Crippen LogP contribution < -0.4 is 15.0 Å². The number of nitrogens with zero attached hydrogens (tertiary/aromatic N) is 1. The number of phenols is 1. The normalized spacial score (nSPS) is 12.0. The van der Waals surface area contributed by atoms with Crippen molar-refractivity contribution >= 4 is 10.8 Å². The fourth-order valence-corrected chi connectivity index (χ4v) is 4.77. The van der Waals surface area contributed by atoms with Gasteiger partial charge in [-0.1, -0.05) is 48.5 Å². The van der Waals surface area contributed by atoms with Crippen molar-refractivity contribution in [1.82, 2.24) is 9.78 Å². The first-order valence-electron chi connectivity index (χ1n) is 11.3. The third kappa shape index (κ3) is 3.83. The summed E-state index contributed by atoms with van der Waals surface area (Å²) in [5, 5.41) is 16.3. The third-order valence-electron chi connectivity index (χ3n) is 6.40. The number of methoxy groups -OCH3 is 2. The molecule has 0 amide bonds. The van der Waals surface area contributed by atoms with Crippen LogP contribution in [-0.4, -0.2) is 29.1 Å². The second-order valence-corrected chi connectivity index (χ2v) is 8.39. The van der Waals surface area contributed by atoms with Crippen molar-refractivity contribution in [2.75, 3.05) is 14.2 Å². The predicted molar refractivity (Wildman–Crippen MR) is 137 cm³/mol. The van der Waals surface area contributed by atoms with E-state index < -0.39 is 5.92 Å². The van der Waals surface area contributed by atoms with Crippen LogP contribution in [0.5, 0.6) is 17.2 Å². The summed E-state index contributed by atoms with van der Waals surface area (Å²) >= 11 is 0. The van der Waals surface area contributed by atoms with Gasteiger partial charge in [0.15, 0.2) is 0 Å². The molecule has 6 heteroatoms. The highest BCUT2D eigenvalue weighted by Gasteiger charge is 2.31. The molecule has 1 unspecified atom stereocenters. The zero-order chi connectivity index (χ0) is 24.5. The van der Waals surface area contributed by atoms with E-state index in [2.05, 4.69) is 5.10 Å². The Balaban J connectivity index is 1.88. The lowest BCUT2D eigenvalue weighted by Crippen LogP contribution is -2.21. The maximum absolute atomic E-state index is 14.0. The molecule has 5 rings (SSSR count). The number of ether oxygens (including phenoxy) is 2. The van der Waals surface area contributed by atoms with Gasteiger partial charge >= 0.3 is 0 Å². The van der Waals surface area contributed by atoms with E-state index in [4.69, 9.17) is 9.47 Å². The molecule has 176 valence electrons. The van der Waals surface area contributed by atoms with E-state index in [0.717, 1.165) is 22.0 Å². The van der Waals surface area contributed by atoms with Gasteiger partial charge in [0.2, 0.25) is 0 Å². The van der Waals surface area contributed by atoms with Crippen LogP contribution in [0.25, 0.3) is 16.5 Å². The minimum absolute atomic E-state index is 0.102. The molecule has 6 nitrogen and oxygen atoms in total. The number of fused-ring (bicyclic) bond motifs is 1. The summed E-state index contributed by atoms with van der Waals surface area (Å²) in [5.41, 5.74) is 3.10. The van der Waals surface area contributed by atoms with Crippen LogP contribution in [0, 0.1) is 6.92 Å². The van der Waals surface area contributed by atoms with Crippen LogP contribution in [-0.2, 0) is 0 Å². The molecule has 1 heterocycles. The molecular formula is C29H26N2O4. The van der Waals surface area contributed by atoms with E-state index in [1.807, 2.05) is 85.8 Å². The van der Waals surface area contributed by atoms with Gasteiger partial charge in [-0.3, -0.25) is 9.89 Å². The Morgan fingerprint density at radius 1 is 0.857 bits per heavy atom. The molecule has 0 fully saturated rings. The molecule has 2 N–H and O–H groups in total. The first kappa shape index (κ1) is 22.3. The van der Waals surface area contributed by atoms with Crippen LogP contribution in [0.2, 0.25) is 0 Å². The second-order valence-electron chi connectivity index (χ2n) is 8.39. The average molecular weight is 467 g/mol. The highest BCUT2D eigenvalue weighted by molar-refractivity contribution is 5.89. The van der Waals surface area contributed by atoms with Crippen molar-refractivity contribution in [2.45, 2.75) is 12.8 Å². The molecule has 0 bridgehead atoms. The zero-order valence-electron chi connectivity index (χ0n) is 19.8. The topological polar surface area (TPSA) is 76.5 Å². The number of para-hydroxylation sites is 1. The largest absolute Gasteiger partial charge is 0.508 e. The second kappa shape index (κ2) is 9.06. The number of benzene rings is 4. The van der Waals surface area contributed by atoms with E-state index in [-0.39, 0.29) is 11.3 Å². The number of H-pyrrole nitrogens is 1. The summed E-state index contributed by atoms with van der Waals surface area (Å²) in [6.07, 6.45) is 0. The molecular weight excluding hydrogens is 440 g/mol. The smallest absolute Gasteiger partial charge is 0.275 e. The van der Waals surface area contributed by atoms with Gasteiger partial charge in [0, 0.05) is 22.7 Å². The quantitative estimate of drug-likeness (QED) is 0.345. The highest BCUT2D eigenvalue weighted by Crippen LogP contribution is 2.45. The van der Waals surface area contributed by atoms with Crippen molar-refractivity contribution < 1.29 is 14.6 Å². The van der Waals surface area contributed by atoms with Crippen LogP contribution in [0.3, 0.4) is 0 Å². The van der Waals surface area contributed by atoms with Crippen molar-refractivity contribution in [2.24, 2.45) is 0 Å². The molecule has 4 aromatic carbocycles. The summed E-state index contributed by atoms with van der Waals surface area (Å²) in [6, 6.07) is 26.3. The Labute approximate surface area is 203 Å². The summed E-state index contributed by atoms with van der Waals surface area (Å²) in [6.45, 7) is 1.87. The van der Waals surface area contributed by atoms with Crippen molar-refractivity contribution in [3.63, 3.8) is 0 Å². The molecule has 1 atom stereocenters. The minimum Gasteiger partial charge on any atom is -0.508 e. The molecule has 0 aliphatic heterocycles. The average Bonchev–Trinajstić information content (AvgIpc) is 3.19. The van der Waals surface area contributed by atoms with Crippen LogP contribution in [0.15, 0.2) is 89.7 Å². The van der Waals surface area contributed by atoms with Gasteiger partial charge in [-0.25, -0.2) is 4.68 Å². The Morgan fingerprint density at radius 3 is 2.34 bits per heavy atom. The summed E-state index contributed by atoms with van der Waals surface area (Å²) < 4.78 is 12.8. The first-order valence-corrected chi connectivity index (χ1v) is 11.3. The summed E-state index contributed by atoms with van der Waals surface area (Å²) in [4.78, 5) is 14.0. The number of nitrogens with one attached hydrogen (secondary N) is 1. The van der Waals surface area contributed by atoms with Gasteiger partial charge in [-0.05, 0) is 54.1 Å². The van der Waals surface area contributed by atoms with E-state index in [1.165, 1.54) is 4.68 Å². The van der Waals surface area contributed by atoms with Gasteiger partial charge in [-0.15, -0.1) is 0 Å². The van der Waals surface area contributed by atoms with Gasteiger partial charge in [0.1, 0.15) is 17.2 Å². The van der Waals surface area contributed by atoms with Gasteiger partial charge in [0.05, 0.1) is 25.5 Å². The molecule has 0 spiro atoms. The van der Waals surface area contributed by atoms with Crippen LogP contribution >= 0.6 is 0 Å². The minimum atomic E-state index is -0.625. The number of aryl methyl sites for hydroxylation is 1. The molecule has 1 aromatic heterocycles. The third-order valence-corrected chi connectivity index (χ3v) is 6.40. The molecule has 0 saturated heterocycles. The number of phenolic OH excluding ortho intramolecular Hbond substituents is 1. The molecule has 0 aliphatic carbocycles. The predicted octanol–water partition coefficient (Wildman–Crippen LogP) is 5.53. The lowest BCUT2D eigenvalue weighted by molar-refractivity contribution is 0.397. The van der Waals surface area contributed by atoms with Crippen molar-refractivity contribution in [3.8, 4) is 22.9 Å². The zero-order valence-corrected chi connectivity index (χ0v) is 19.8. The number of aromatic hydroxyl groups is 1. The van der Waals surface area contributed by atoms with Gasteiger partial charge < -0.3 is 14.6 Å². The SMILES string of the molecule is COc1ccc(OC)c(C(c2c(C)[nH]n(-c3ccccc3)c2=O)c2c(O)ccc3ccccc23)c1. The van der Waals surface area contributed by atoms with E-state index in [1.54, 1.807) is 20.3 Å². The Kier molecular flexibility index (Phi) is 5.79. The summed E-state index contributed by atoms with van der Waals surface area (Å²) in [5.74, 6) is 0.696. The fraction of sp³-hybridized carbons (Fsp3) is 0.138. The van der Waals surface area contributed by atoms with Crippen molar-refractivity contribution in [1.29, 1.82) is 0 Å². The van der Waals surface area contributed by atoms with E-state index >= 15 is 0 Å². The maximum Gasteiger partial charge on any atom is 0.275 e. The fourth-order valence-electron chi connectivity index (χ4n) is 4.77. The number of hydrogen-bond donors (Lipinski definition) is 2. The van der Waals surface area contributed by atoms with Crippen LogP contribution in [0.4, 0.5) is 0 Å². The maximum atomic E-state index is 14.0. The Morgan fingerprint density at radius 2 is 1.60 bits per heavy atom. The molecule has 5 aromatic rings. The number of rotatable bonds is 6. The van der Waals surface area contributed by atoms with Gasteiger partial charge in [-0.2, -0.15) is 0 Å². The van der Waals surface area contributed by atoms with Gasteiger partial charge in [0.25, 0.3) is 5.56 Å². The van der Waals surface area contributed by atoms with Crippen molar-refractivity contribution in [3.05, 3.63) is 118 Å². The number of hydrogen-bond acceptors (Lipinski definition) is 4. The molecule has 0 radical (unpaired) electrons. The molecule has 0 saturated carbocycles. The summed E-state index contributed by atoms with van der Waals surface area (Å²) in [7, 11) is 3.19. The lowest BCUT2D eigenvalue weighted by Gasteiger charge is -2.23. The number of aromatic amines is 1. The molecule has 35 heavy (non-hydrogen) atoms. The van der Waals surface area contributed by atoms with E-state index in [9.17, 15) is 9.90 Å². The first-order chi connectivity index (χ1) is 17.0. The lowest BCUT2D eigenvalue weighted by atomic mass is 9.81. The highest BCUT2D eigenvalue weighted by atomic mass is 16.5. The Bertz CT molecular complexity index is 1570. The van der Waals surface area contributed by atoms with E-state index in [0.29, 0.717) is 28.3 Å². The molecule has 0 aliphatic rings.